The lowest BCUT2D eigenvalue weighted by atomic mass is 10.2. The van der Waals surface area contributed by atoms with Crippen molar-refractivity contribution < 1.29 is 17.9 Å². The predicted octanol–water partition coefficient (Wildman–Crippen LogP) is 3.19. The molecule has 0 fully saturated rings. The summed E-state index contributed by atoms with van der Waals surface area (Å²) < 4.78 is 40.8. The van der Waals surface area contributed by atoms with Crippen LogP contribution >= 0.6 is 0 Å². The number of allylic oxidation sites excluding steroid dienone is 3. The van der Waals surface area contributed by atoms with E-state index in [1.54, 1.807) is 18.2 Å². The van der Waals surface area contributed by atoms with Crippen molar-refractivity contribution in [2.75, 3.05) is 0 Å². The molecule has 0 saturated carbocycles. The molecule has 1 atom stereocenters. The van der Waals surface area contributed by atoms with E-state index in [2.05, 4.69) is 0 Å². The molecule has 0 spiro atoms. The van der Waals surface area contributed by atoms with Gasteiger partial charge in [-0.25, -0.2) is 0 Å². The maximum absolute atomic E-state index is 12.0. The Hall–Kier alpha value is -0.930. The monoisotopic (exact) mass is 192 g/mol. The summed E-state index contributed by atoms with van der Waals surface area (Å²) in [5.41, 5.74) is 0. The van der Waals surface area contributed by atoms with E-state index < -0.39 is 12.3 Å². The third kappa shape index (κ3) is 3.13. The van der Waals surface area contributed by atoms with Crippen molar-refractivity contribution in [2.45, 2.75) is 32.0 Å². The third-order valence-corrected chi connectivity index (χ3v) is 1.73. The topological polar surface area (TPSA) is 9.23 Å². The molecule has 0 heterocycles. The van der Waals surface area contributed by atoms with E-state index in [0.717, 1.165) is 19.8 Å². The van der Waals surface area contributed by atoms with Crippen molar-refractivity contribution in [3.05, 3.63) is 24.0 Å². The molecule has 0 amide bonds. The molecule has 1 aliphatic rings. The highest BCUT2D eigenvalue weighted by Crippen LogP contribution is 2.25. The van der Waals surface area contributed by atoms with Gasteiger partial charge in [0.1, 0.15) is 5.76 Å². The zero-order valence-corrected chi connectivity index (χ0v) is 7.27. The number of rotatable bonds is 2. The lowest BCUT2D eigenvalue weighted by Crippen LogP contribution is -2.28. The predicted molar refractivity (Wildman–Crippen MR) is 43.1 cm³/mol. The maximum Gasteiger partial charge on any atom is 0.425 e. The largest absolute Gasteiger partial charge is 0.482 e. The van der Waals surface area contributed by atoms with Crippen LogP contribution < -0.4 is 0 Å². The molecule has 0 aromatic heterocycles. The molecule has 0 aliphatic heterocycles. The van der Waals surface area contributed by atoms with Crippen LogP contribution in [0.4, 0.5) is 13.2 Å². The smallest absolute Gasteiger partial charge is 0.425 e. The Morgan fingerprint density at radius 2 is 2.08 bits per heavy atom. The van der Waals surface area contributed by atoms with Gasteiger partial charge < -0.3 is 4.74 Å². The van der Waals surface area contributed by atoms with Gasteiger partial charge in [-0.1, -0.05) is 6.08 Å². The van der Waals surface area contributed by atoms with Crippen LogP contribution in [0.3, 0.4) is 0 Å². The van der Waals surface area contributed by atoms with Crippen molar-refractivity contribution in [1.82, 2.24) is 0 Å². The summed E-state index contributed by atoms with van der Waals surface area (Å²) >= 11 is 0. The standard InChI is InChI=1S/C9H11F3O/c1-7(9(10,11)12)13-8-5-3-2-4-6-8/h3,5-7H,2,4H2,1H3. The summed E-state index contributed by atoms with van der Waals surface area (Å²) in [6.45, 7) is 1.00. The zero-order valence-electron chi connectivity index (χ0n) is 7.27. The third-order valence-electron chi connectivity index (χ3n) is 1.73. The molecule has 4 heteroatoms. The highest BCUT2D eigenvalue weighted by molar-refractivity contribution is 5.16. The Kier molecular flexibility index (Phi) is 3.01. The molecule has 0 saturated heterocycles. The quantitative estimate of drug-likeness (QED) is 0.652. The van der Waals surface area contributed by atoms with Crippen LogP contribution in [0.15, 0.2) is 24.0 Å². The van der Waals surface area contributed by atoms with E-state index >= 15 is 0 Å². The van der Waals surface area contributed by atoms with Gasteiger partial charge in [-0.05, 0) is 31.9 Å². The van der Waals surface area contributed by atoms with Crippen LogP contribution in [0.2, 0.25) is 0 Å². The van der Waals surface area contributed by atoms with Crippen molar-refractivity contribution in [2.24, 2.45) is 0 Å². The molecule has 1 rings (SSSR count). The number of ether oxygens (including phenoxy) is 1. The summed E-state index contributed by atoms with van der Waals surface area (Å²) in [5, 5.41) is 0. The van der Waals surface area contributed by atoms with E-state index in [4.69, 9.17) is 4.74 Å². The minimum absolute atomic E-state index is 0.316. The van der Waals surface area contributed by atoms with Crippen LogP contribution in [-0.2, 0) is 4.74 Å². The molecule has 0 radical (unpaired) electrons. The fourth-order valence-corrected chi connectivity index (χ4v) is 0.948. The van der Waals surface area contributed by atoms with Crippen LogP contribution in [-0.4, -0.2) is 12.3 Å². The fourth-order valence-electron chi connectivity index (χ4n) is 0.948. The van der Waals surface area contributed by atoms with Gasteiger partial charge in [0.05, 0.1) is 0 Å². The Labute approximate surface area is 74.9 Å². The molecule has 1 unspecified atom stereocenters. The van der Waals surface area contributed by atoms with Gasteiger partial charge in [0.25, 0.3) is 0 Å². The van der Waals surface area contributed by atoms with Gasteiger partial charge in [-0.2, -0.15) is 13.2 Å². The first kappa shape index (κ1) is 10.2. The Morgan fingerprint density at radius 3 is 2.54 bits per heavy atom. The van der Waals surface area contributed by atoms with Gasteiger partial charge >= 0.3 is 6.18 Å². The summed E-state index contributed by atoms with van der Waals surface area (Å²) in [6, 6.07) is 0. The molecular weight excluding hydrogens is 181 g/mol. The molecule has 13 heavy (non-hydrogen) atoms. The summed E-state index contributed by atoms with van der Waals surface area (Å²) in [4.78, 5) is 0. The van der Waals surface area contributed by atoms with E-state index in [0.29, 0.717) is 5.76 Å². The summed E-state index contributed by atoms with van der Waals surface area (Å²) in [5.74, 6) is 0.316. The van der Waals surface area contributed by atoms with Gasteiger partial charge in [0.2, 0.25) is 0 Å². The van der Waals surface area contributed by atoms with Crippen LogP contribution in [0.25, 0.3) is 0 Å². The fraction of sp³-hybridized carbons (Fsp3) is 0.556. The Bertz CT molecular complexity index is 228. The average Bonchev–Trinajstić information content (AvgIpc) is 2.04. The molecule has 0 bridgehead atoms. The van der Waals surface area contributed by atoms with Gasteiger partial charge in [-0.3, -0.25) is 0 Å². The van der Waals surface area contributed by atoms with Crippen molar-refractivity contribution in [1.29, 1.82) is 0 Å². The number of hydrogen-bond donors (Lipinski definition) is 0. The molecule has 0 aromatic carbocycles. The second-order valence-corrected chi connectivity index (χ2v) is 2.89. The van der Waals surface area contributed by atoms with Crippen molar-refractivity contribution in [3.63, 3.8) is 0 Å². The van der Waals surface area contributed by atoms with Crippen LogP contribution in [0.1, 0.15) is 19.8 Å². The first-order chi connectivity index (χ1) is 6.00. The van der Waals surface area contributed by atoms with Crippen LogP contribution in [0, 0.1) is 0 Å². The average molecular weight is 192 g/mol. The van der Waals surface area contributed by atoms with Gasteiger partial charge in [0, 0.05) is 0 Å². The first-order valence-electron chi connectivity index (χ1n) is 4.10. The minimum Gasteiger partial charge on any atom is -0.482 e. The Balaban J connectivity index is 2.49. The molecule has 1 aliphatic carbocycles. The minimum atomic E-state index is -4.29. The van der Waals surface area contributed by atoms with E-state index in [1.807, 2.05) is 0 Å². The molecule has 1 nitrogen and oxygen atoms in total. The van der Waals surface area contributed by atoms with E-state index in [1.165, 1.54) is 0 Å². The first-order valence-corrected chi connectivity index (χ1v) is 4.10. The number of halogens is 3. The second kappa shape index (κ2) is 3.85. The Morgan fingerprint density at radius 1 is 1.38 bits per heavy atom. The number of alkyl halides is 3. The molecule has 74 valence electrons. The lowest BCUT2D eigenvalue weighted by molar-refractivity contribution is -0.202. The van der Waals surface area contributed by atoms with E-state index in [9.17, 15) is 13.2 Å². The summed E-state index contributed by atoms with van der Waals surface area (Å²) in [6.07, 6.45) is 0.642. The highest BCUT2D eigenvalue weighted by Gasteiger charge is 2.38. The van der Waals surface area contributed by atoms with Crippen molar-refractivity contribution in [3.8, 4) is 0 Å². The normalized spacial score (nSPS) is 19.5. The summed E-state index contributed by atoms with van der Waals surface area (Å²) in [7, 11) is 0. The van der Waals surface area contributed by atoms with Gasteiger partial charge in [0.15, 0.2) is 6.10 Å². The lowest BCUT2D eigenvalue weighted by Gasteiger charge is -2.19. The zero-order chi connectivity index (χ0) is 9.90. The molecule has 0 aromatic rings. The highest BCUT2D eigenvalue weighted by atomic mass is 19.4. The van der Waals surface area contributed by atoms with E-state index in [-0.39, 0.29) is 0 Å². The van der Waals surface area contributed by atoms with Crippen LogP contribution in [0.5, 0.6) is 0 Å². The SMILES string of the molecule is CC(OC1=CCCC=C1)C(F)(F)F. The molecular formula is C9H11F3O. The molecule has 0 N–H and O–H groups in total. The van der Waals surface area contributed by atoms with Gasteiger partial charge in [-0.15, -0.1) is 0 Å². The maximum atomic E-state index is 12.0. The van der Waals surface area contributed by atoms with Crippen molar-refractivity contribution >= 4 is 0 Å². The number of hydrogen-bond acceptors (Lipinski definition) is 1. The second-order valence-electron chi connectivity index (χ2n) is 2.89.